The molecule has 1 atom stereocenters. The van der Waals surface area contributed by atoms with E-state index in [1.54, 1.807) is 0 Å². The maximum Gasteiger partial charge on any atom is 0.402 e. The Labute approximate surface area is 114 Å². The lowest BCUT2D eigenvalue weighted by molar-refractivity contribution is -0.289. The molecule has 0 spiro atoms. The second kappa shape index (κ2) is 5.77. The highest BCUT2D eigenvalue weighted by atomic mass is 35.5. The van der Waals surface area contributed by atoms with Crippen molar-refractivity contribution in [3.8, 4) is 0 Å². The van der Waals surface area contributed by atoms with E-state index in [9.17, 15) is 30.7 Å². The van der Waals surface area contributed by atoms with Gasteiger partial charge in [0.05, 0.1) is 5.02 Å². The number of alkyl halides is 6. The number of rotatable bonds is 3. The first kappa shape index (κ1) is 17.0. The summed E-state index contributed by atoms with van der Waals surface area (Å²) in [6, 6.07) is 0.586. The van der Waals surface area contributed by atoms with Crippen molar-refractivity contribution in [3.05, 3.63) is 34.6 Å². The van der Waals surface area contributed by atoms with Crippen LogP contribution in [-0.2, 0) is 6.42 Å². The highest BCUT2D eigenvalue weighted by Crippen LogP contribution is 2.41. The van der Waals surface area contributed by atoms with Crippen LogP contribution in [0.1, 0.15) is 5.56 Å². The Morgan fingerprint density at radius 1 is 1.05 bits per heavy atom. The van der Waals surface area contributed by atoms with Gasteiger partial charge in [-0.2, -0.15) is 26.3 Å². The first-order chi connectivity index (χ1) is 8.93. The molecule has 0 radical (unpaired) electrons. The van der Waals surface area contributed by atoms with Crippen molar-refractivity contribution < 1.29 is 30.7 Å². The molecule has 0 saturated carbocycles. The normalized spacial score (nSPS) is 14.7. The molecule has 9 heteroatoms. The van der Waals surface area contributed by atoms with Gasteiger partial charge < -0.3 is 5.73 Å². The molecule has 0 bridgehead atoms. The van der Waals surface area contributed by atoms with E-state index >= 15 is 0 Å². The van der Waals surface area contributed by atoms with E-state index in [-0.39, 0.29) is 5.56 Å². The van der Waals surface area contributed by atoms with Crippen molar-refractivity contribution in [2.45, 2.75) is 24.8 Å². The van der Waals surface area contributed by atoms with Gasteiger partial charge in [-0.25, -0.2) is 4.39 Å². The van der Waals surface area contributed by atoms with Gasteiger partial charge in [0.15, 0.2) is 5.92 Å². The second-order valence-electron chi connectivity index (χ2n) is 4.18. The molecule has 1 unspecified atom stereocenters. The summed E-state index contributed by atoms with van der Waals surface area (Å²) in [7, 11) is 0. The third-order valence-corrected chi connectivity index (χ3v) is 2.88. The topological polar surface area (TPSA) is 26.0 Å². The molecule has 0 saturated heterocycles. The van der Waals surface area contributed by atoms with Gasteiger partial charge >= 0.3 is 12.4 Å². The van der Waals surface area contributed by atoms with E-state index in [1.807, 2.05) is 0 Å². The summed E-state index contributed by atoms with van der Waals surface area (Å²) in [6.07, 6.45) is -11.8. The summed E-state index contributed by atoms with van der Waals surface area (Å²) in [5.41, 5.74) is 5.02. The molecule has 0 aromatic heterocycles. The van der Waals surface area contributed by atoms with Crippen LogP contribution in [0, 0.1) is 11.7 Å². The lowest BCUT2D eigenvalue weighted by atomic mass is 9.93. The molecule has 1 aromatic carbocycles. The number of benzene rings is 1. The molecule has 0 aliphatic heterocycles. The largest absolute Gasteiger partial charge is 0.402 e. The molecule has 1 rings (SSSR count). The minimum Gasteiger partial charge on any atom is -0.327 e. The van der Waals surface area contributed by atoms with Crippen LogP contribution in [0.25, 0.3) is 0 Å². The molecular weight excluding hydrogens is 315 g/mol. The zero-order valence-corrected chi connectivity index (χ0v) is 10.5. The fourth-order valence-electron chi connectivity index (χ4n) is 1.73. The van der Waals surface area contributed by atoms with Crippen LogP contribution in [0.15, 0.2) is 18.2 Å². The zero-order chi connectivity index (χ0) is 15.7. The number of nitrogens with two attached hydrogens (primary N) is 1. The quantitative estimate of drug-likeness (QED) is 0.833. The van der Waals surface area contributed by atoms with E-state index in [1.165, 1.54) is 0 Å². The van der Waals surface area contributed by atoms with Crippen molar-refractivity contribution >= 4 is 11.6 Å². The lowest BCUT2D eigenvalue weighted by Gasteiger charge is -2.28. The van der Waals surface area contributed by atoms with E-state index in [0.29, 0.717) is 0 Å². The lowest BCUT2D eigenvalue weighted by Crippen LogP contribution is -2.49. The predicted molar refractivity (Wildman–Crippen MR) is 58.7 cm³/mol. The van der Waals surface area contributed by atoms with E-state index in [2.05, 4.69) is 0 Å². The molecule has 1 aromatic rings. The van der Waals surface area contributed by atoms with Gasteiger partial charge in [-0.3, -0.25) is 0 Å². The summed E-state index contributed by atoms with van der Waals surface area (Å²) in [5.74, 6) is -4.48. The first-order valence-corrected chi connectivity index (χ1v) is 5.63. The molecule has 20 heavy (non-hydrogen) atoms. The number of hydrogen-bond donors (Lipinski definition) is 1. The van der Waals surface area contributed by atoms with Crippen LogP contribution in [0.2, 0.25) is 5.02 Å². The number of hydrogen-bond acceptors (Lipinski definition) is 1. The Bertz CT molecular complexity index is 455. The van der Waals surface area contributed by atoms with Crippen LogP contribution in [0.5, 0.6) is 0 Å². The van der Waals surface area contributed by atoms with Gasteiger partial charge in [-0.05, 0) is 24.1 Å². The van der Waals surface area contributed by atoms with E-state index in [0.717, 1.165) is 18.2 Å². The molecule has 0 amide bonds. The Kier molecular flexibility index (Phi) is 4.91. The van der Waals surface area contributed by atoms with Crippen LogP contribution < -0.4 is 5.73 Å². The first-order valence-electron chi connectivity index (χ1n) is 5.26. The summed E-state index contributed by atoms with van der Waals surface area (Å²) in [5, 5.41) is -0.398. The average molecular weight is 324 g/mol. The average Bonchev–Trinajstić information content (AvgIpc) is 2.18. The predicted octanol–water partition coefficient (Wildman–Crippen LogP) is 4.09. The van der Waals surface area contributed by atoms with Gasteiger partial charge in [0.2, 0.25) is 0 Å². The van der Waals surface area contributed by atoms with Gasteiger partial charge in [0, 0.05) is 6.04 Å². The van der Waals surface area contributed by atoms with Crippen molar-refractivity contribution in [1.82, 2.24) is 0 Å². The molecule has 1 nitrogen and oxygen atoms in total. The SMILES string of the molecule is NC(Cc1ccc(F)c(Cl)c1)C(C(F)(F)F)C(F)(F)F. The molecule has 0 heterocycles. The monoisotopic (exact) mass is 323 g/mol. The molecule has 0 aliphatic carbocycles. The summed E-state index contributed by atoms with van der Waals surface area (Å²) >= 11 is 5.40. The highest BCUT2D eigenvalue weighted by Gasteiger charge is 2.59. The fourth-order valence-corrected chi connectivity index (χ4v) is 1.93. The zero-order valence-electron chi connectivity index (χ0n) is 9.69. The maximum atomic E-state index is 12.9. The fraction of sp³-hybridized carbons (Fsp3) is 0.455. The van der Waals surface area contributed by atoms with Crippen molar-refractivity contribution in [2.75, 3.05) is 0 Å². The Morgan fingerprint density at radius 3 is 1.95 bits per heavy atom. The minimum atomic E-state index is -5.51. The second-order valence-corrected chi connectivity index (χ2v) is 4.58. The third-order valence-electron chi connectivity index (χ3n) is 2.59. The van der Waals surface area contributed by atoms with Gasteiger partial charge in [0.25, 0.3) is 0 Å². The minimum absolute atomic E-state index is 0.0117. The molecular formula is C11H9ClF7N. The summed E-state index contributed by atoms with van der Waals surface area (Å²) in [4.78, 5) is 0. The number of halogens is 8. The van der Waals surface area contributed by atoms with E-state index < -0.39 is 41.6 Å². The van der Waals surface area contributed by atoms with Crippen LogP contribution >= 0.6 is 11.6 Å². The third kappa shape index (κ3) is 4.24. The van der Waals surface area contributed by atoms with Crippen LogP contribution in [-0.4, -0.2) is 18.4 Å². The van der Waals surface area contributed by atoms with E-state index in [4.69, 9.17) is 17.3 Å². The van der Waals surface area contributed by atoms with Gasteiger partial charge in [-0.1, -0.05) is 17.7 Å². The Hall–Kier alpha value is -1.02. The molecule has 2 N–H and O–H groups in total. The molecule has 0 aliphatic rings. The molecule has 114 valence electrons. The summed E-state index contributed by atoms with van der Waals surface area (Å²) < 4.78 is 87.4. The van der Waals surface area contributed by atoms with Crippen LogP contribution in [0.4, 0.5) is 30.7 Å². The Balaban J connectivity index is 2.97. The summed E-state index contributed by atoms with van der Waals surface area (Å²) in [6.45, 7) is 0. The van der Waals surface area contributed by atoms with Crippen molar-refractivity contribution in [3.63, 3.8) is 0 Å². The standard InChI is InChI=1S/C11H9ClF7N/c12-6-3-5(1-2-7(6)13)4-8(20)9(10(14,15)16)11(17,18)19/h1-3,8-9H,4,20H2. The Morgan fingerprint density at radius 2 is 1.55 bits per heavy atom. The van der Waals surface area contributed by atoms with Crippen molar-refractivity contribution in [2.24, 2.45) is 11.7 Å². The van der Waals surface area contributed by atoms with Crippen LogP contribution in [0.3, 0.4) is 0 Å². The maximum absolute atomic E-state index is 12.9. The smallest absolute Gasteiger partial charge is 0.327 e. The van der Waals surface area contributed by atoms with Gasteiger partial charge in [0.1, 0.15) is 5.82 Å². The molecule has 0 fully saturated rings. The highest BCUT2D eigenvalue weighted by molar-refractivity contribution is 6.30. The van der Waals surface area contributed by atoms with Crippen molar-refractivity contribution in [1.29, 1.82) is 0 Å². The van der Waals surface area contributed by atoms with Gasteiger partial charge in [-0.15, -0.1) is 0 Å².